The van der Waals surface area contributed by atoms with E-state index in [9.17, 15) is 4.39 Å². The van der Waals surface area contributed by atoms with Crippen LogP contribution in [0.5, 0.6) is 5.75 Å². The van der Waals surface area contributed by atoms with Gasteiger partial charge in [0.2, 0.25) is 0 Å². The molecule has 0 aliphatic carbocycles. The lowest BCUT2D eigenvalue weighted by Gasteiger charge is -2.21. The number of hydrogen-bond donors (Lipinski definition) is 1. The Morgan fingerprint density at radius 2 is 2.11 bits per heavy atom. The summed E-state index contributed by atoms with van der Waals surface area (Å²) in [6.45, 7) is 6.11. The maximum atomic E-state index is 14.0. The van der Waals surface area contributed by atoms with Gasteiger partial charge in [0, 0.05) is 24.7 Å². The topological polar surface area (TPSA) is 24.5 Å². The average Bonchev–Trinajstić information content (AvgIpc) is 2.90. The molecule has 1 atom stereocenters. The smallest absolute Gasteiger partial charge is 0.169 e. The van der Waals surface area contributed by atoms with Crippen LogP contribution in [0.4, 0.5) is 4.39 Å². The van der Waals surface area contributed by atoms with Gasteiger partial charge in [-0.2, -0.15) is 0 Å². The Balaban J connectivity index is 1.84. The van der Waals surface area contributed by atoms with Gasteiger partial charge in [-0.05, 0) is 38.9 Å². The van der Waals surface area contributed by atoms with E-state index in [0.29, 0.717) is 23.9 Å². The Kier molecular flexibility index (Phi) is 5.16. The van der Waals surface area contributed by atoms with Gasteiger partial charge in [0.05, 0.1) is 7.11 Å². The van der Waals surface area contributed by atoms with Gasteiger partial charge >= 0.3 is 0 Å². The monoisotopic (exact) mass is 266 g/mol. The lowest BCUT2D eigenvalue weighted by Crippen LogP contribution is -2.37. The molecule has 0 amide bonds. The van der Waals surface area contributed by atoms with Gasteiger partial charge in [-0.3, -0.25) is 0 Å². The van der Waals surface area contributed by atoms with Gasteiger partial charge < -0.3 is 15.0 Å². The number of nitrogens with zero attached hydrogens (tertiary/aromatic N) is 1. The quantitative estimate of drug-likeness (QED) is 0.855. The summed E-state index contributed by atoms with van der Waals surface area (Å²) in [4.78, 5) is 2.46. The van der Waals surface area contributed by atoms with Crippen molar-refractivity contribution in [2.75, 3.05) is 26.7 Å². The van der Waals surface area contributed by atoms with Gasteiger partial charge in [0.15, 0.2) is 11.6 Å². The fourth-order valence-corrected chi connectivity index (χ4v) is 2.55. The molecule has 0 aromatic heterocycles. The van der Waals surface area contributed by atoms with E-state index < -0.39 is 0 Å². The van der Waals surface area contributed by atoms with Crippen molar-refractivity contribution in [2.24, 2.45) is 0 Å². The summed E-state index contributed by atoms with van der Waals surface area (Å²) < 4.78 is 18.9. The zero-order chi connectivity index (χ0) is 13.7. The highest BCUT2D eigenvalue weighted by Gasteiger charge is 2.15. The number of benzene rings is 1. The van der Waals surface area contributed by atoms with Crippen LogP contribution in [-0.2, 0) is 6.54 Å². The molecule has 1 saturated heterocycles. The minimum Gasteiger partial charge on any atom is -0.494 e. The van der Waals surface area contributed by atoms with E-state index in [4.69, 9.17) is 4.74 Å². The molecular formula is C15H23FN2O. The first-order chi connectivity index (χ1) is 9.20. The Morgan fingerprint density at radius 1 is 1.37 bits per heavy atom. The van der Waals surface area contributed by atoms with Crippen molar-refractivity contribution in [3.8, 4) is 5.75 Å². The molecule has 2 rings (SSSR count). The molecule has 0 bridgehead atoms. The predicted molar refractivity (Wildman–Crippen MR) is 74.9 cm³/mol. The molecule has 1 heterocycles. The third kappa shape index (κ3) is 3.91. The lowest BCUT2D eigenvalue weighted by atomic mass is 10.2. The first-order valence-corrected chi connectivity index (χ1v) is 6.98. The Bertz CT molecular complexity index is 405. The maximum Gasteiger partial charge on any atom is 0.169 e. The SMILES string of the molecule is COc1cccc(CNC(C)CN2CCCC2)c1F. The van der Waals surface area contributed by atoms with Crippen LogP contribution in [0.1, 0.15) is 25.3 Å². The number of nitrogens with one attached hydrogen (secondary N) is 1. The highest BCUT2D eigenvalue weighted by atomic mass is 19.1. The molecule has 1 aliphatic heterocycles. The molecule has 106 valence electrons. The fourth-order valence-electron chi connectivity index (χ4n) is 2.55. The van der Waals surface area contributed by atoms with Crippen molar-refractivity contribution in [1.82, 2.24) is 10.2 Å². The fraction of sp³-hybridized carbons (Fsp3) is 0.600. The lowest BCUT2D eigenvalue weighted by molar-refractivity contribution is 0.297. The number of halogens is 1. The van der Waals surface area contributed by atoms with Gasteiger partial charge in [-0.25, -0.2) is 4.39 Å². The second kappa shape index (κ2) is 6.87. The molecule has 3 nitrogen and oxygen atoms in total. The van der Waals surface area contributed by atoms with Crippen LogP contribution in [0.2, 0.25) is 0 Å². The van der Waals surface area contributed by atoms with Crippen LogP contribution >= 0.6 is 0 Å². The number of hydrogen-bond acceptors (Lipinski definition) is 3. The molecule has 1 fully saturated rings. The van der Waals surface area contributed by atoms with Crippen LogP contribution < -0.4 is 10.1 Å². The second-order valence-corrected chi connectivity index (χ2v) is 5.22. The third-order valence-corrected chi connectivity index (χ3v) is 3.63. The van der Waals surface area contributed by atoms with Gasteiger partial charge in [0.1, 0.15) is 0 Å². The van der Waals surface area contributed by atoms with E-state index in [2.05, 4.69) is 17.1 Å². The van der Waals surface area contributed by atoms with E-state index in [1.807, 2.05) is 6.07 Å². The van der Waals surface area contributed by atoms with Gasteiger partial charge in [-0.15, -0.1) is 0 Å². The average molecular weight is 266 g/mol. The molecule has 4 heteroatoms. The molecule has 0 spiro atoms. The van der Waals surface area contributed by atoms with Crippen molar-refractivity contribution < 1.29 is 9.13 Å². The molecule has 0 saturated carbocycles. The first-order valence-electron chi connectivity index (χ1n) is 6.98. The molecule has 1 unspecified atom stereocenters. The highest BCUT2D eigenvalue weighted by molar-refractivity contribution is 5.30. The normalized spacial score (nSPS) is 17.6. The summed E-state index contributed by atoms with van der Waals surface area (Å²) in [5.41, 5.74) is 0.660. The van der Waals surface area contributed by atoms with Crippen LogP contribution in [-0.4, -0.2) is 37.7 Å². The number of rotatable bonds is 6. The van der Waals surface area contributed by atoms with Crippen molar-refractivity contribution in [3.05, 3.63) is 29.6 Å². The first kappa shape index (κ1) is 14.3. The number of likely N-dealkylation sites (tertiary alicyclic amines) is 1. The van der Waals surface area contributed by atoms with E-state index in [-0.39, 0.29) is 5.82 Å². The molecule has 1 aromatic rings. The minimum absolute atomic E-state index is 0.258. The summed E-state index contributed by atoms with van der Waals surface area (Å²) in [7, 11) is 1.49. The Labute approximate surface area is 114 Å². The van der Waals surface area contributed by atoms with Crippen molar-refractivity contribution in [3.63, 3.8) is 0 Å². The molecule has 1 N–H and O–H groups in total. The predicted octanol–water partition coefficient (Wildman–Crippen LogP) is 2.41. The Hall–Kier alpha value is -1.13. The van der Waals surface area contributed by atoms with E-state index in [1.165, 1.54) is 33.0 Å². The van der Waals surface area contributed by atoms with Crippen LogP contribution in [0.15, 0.2) is 18.2 Å². The van der Waals surface area contributed by atoms with Crippen LogP contribution in [0.25, 0.3) is 0 Å². The van der Waals surface area contributed by atoms with Crippen molar-refractivity contribution >= 4 is 0 Å². The third-order valence-electron chi connectivity index (χ3n) is 3.63. The number of methoxy groups -OCH3 is 1. The largest absolute Gasteiger partial charge is 0.494 e. The van der Waals surface area contributed by atoms with Crippen molar-refractivity contribution in [2.45, 2.75) is 32.4 Å². The summed E-state index contributed by atoms with van der Waals surface area (Å²) >= 11 is 0. The maximum absolute atomic E-state index is 14.0. The van der Waals surface area contributed by atoms with Crippen LogP contribution in [0.3, 0.4) is 0 Å². The molecule has 0 radical (unpaired) electrons. The van der Waals surface area contributed by atoms with Crippen LogP contribution in [0, 0.1) is 5.82 Å². The minimum atomic E-state index is -0.258. The van der Waals surface area contributed by atoms with Gasteiger partial charge in [-0.1, -0.05) is 12.1 Å². The standard InChI is InChI=1S/C15H23FN2O/c1-12(11-18-8-3-4-9-18)17-10-13-6-5-7-14(19-2)15(13)16/h5-7,12,17H,3-4,8-11H2,1-2H3. The van der Waals surface area contributed by atoms with E-state index in [1.54, 1.807) is 12.1 Å². The molecule has 1 aliphatic rings. The molecular weight excluding hydrogens is 243 g/mol. The highest BCUT2D eigenvalue weighted by Crippen LogP contribution is 2.19. The van der Waals surface area contributed by atoms with Gasteiger partial charge in [0.25, 0.3) is 0 Å². The van der Waals surface area contributed by atoms with E-state index >= 15 is 0 Å². The second-order valence-electron chi connectivity index (χ2n) is 5.22. The molecule has 19 heavy (non-hydrogen) atoms. The zero-order valence-corrected chi connectivity index (χ0v) is 11.8. The zero-order valence-electron chi connectivity index (χ0n) is 11.8. The molecule has 1 aromatic carbocycles. The van der Waals surface area contributed by atoms with Crippen molar-refractivity contribution in [1.29, 1.82) is 0 Å². The summed E-state index contributed by atoms with van der Waals surface area (Å²) in [6.07, 6.45) is 2.61. The summed E-state index contributed by atoms with van der Waals surface area (Å²) in [5.74, 6) is 0.0531. The van der Waals surface area contributed by atoms with E-state index in [0.717, 1.165) is 6.54 Å². The Morgan fingerprint density at radius 3 is 2.79 bits per heavy atom. The number of ether oxygens (including phenoxy) is 1. The summed E-state index contributed by atoms with van der Waals surface area (Å²) in [6, 6.07) is 5.63. The summed E-state index contributed by atoms with van der Waals surface area (Å²) in [5, 5.41) is 3.38.